The molecule has 0 fully saturated rings. The Kier molecular flexibility index (Phi) is 49.4. The minimum absolute atomic E-state index is 0.0452. The Bertz CT molecular complexity index is 3710. The van der Waals surface area contributed by atoms with Crippen molar-refractivity contribution in [2.75, 3.05) is 39.6 Å². The fourth-order valence-electron chi connectivity index (χ4n) is 14.7. The number of fused-ring (bicyclic) bond motifs is 3. The predicted molar refractivity (Wildman–Crippen MR) is 496 cm³/mol. The summed E-state index contributed by atoms with van der Waals surface area (Å²) in [6.07, 6.45) is 63.3. The second-order valence-electron chi connectivity index (χ2n) is 32.7. The third-order valence-corrected chi connectivity index (χ3v) is 22.4. The Hall–Kier alpha value is -9.06. The second-order valence-corrected chi connectivity index (χ2v) is 32.7. The van der Waals surface area contributed by atoms with Gasteiger partial charge >= 0.3 is 0 Å². The summed E-state index contributed by atoms with van der Waals surface area (Å²) in [6.45, 7) is 16.1. The van der Waals surface area contributed by atoms with Crippen molar-refractivity contribution in [2.24, 2.45) is 0 Å². The molecule has 0 atom stereocenters. The summed E-state index contributed by atoms with van der Waals surface area (Å²) >= 11 is 0. The average molecular weight is 1650 g/mol. The van der Waals surface area contributed by atoms with Gasteiger partial charge < -0.3 is 59.1 Å². The second kappa shape index (κ2) is 60.4. The third kappa shape index (κ3) is 36.7. The summed E-state index contributed by atoms with van der Waals surface area (Å²) in [5.41, 5.74) is 1.74. The largest absolute Gasteiger partial charge is 0.504 e. The zero-order chi connectivity index (χ0) is 85.3. The minimum atomic E-state index is -0.504. The standard InChI is InChI=1S/C102H150N6O12/c1-7-13-19-25-31-37-43-49-61-115-91-67-84-78-103-85-60-59-83(101(113)102(85)114)77-108-90-72-96(120-66-54-48-42-36-30-24-18-12-6)95(119-65-53-47-41-35-29-23-17-11-5)71-89(90)107-76-82-58-57-81(99(111)100(82)112)75-106-88-70-94(118-64-52-46-40-34-28-22-16-10-4)93(117-63-51-45-39-33-27-21-15-9-3)69-87(88)105-74-80-56-55-79(97(109)98(80)110)73-104-86(84)68-92(91)116-62-50-44-38-32-26-20-14-8-2/h55-60,67-78,109-114H,7-54,61-66H2,1-6H3. The van der Waals surface area contributed by atoms with E-state index in [1.165, 1.54) is 224 Å². The zero-order valence-corrected chi connectivity index (χ0v) is 74.4. The molecule has 18 nitrogen and oxygen atoms in total. The summed E-state index contributed by atoms with van der Waals surface area (Å²) in [4.78, 5) is 29.6. The average Bonchev–Trinajstić information content (AvgIpc) is 0.812. The molecule has 120 heavy (non-hydrogen) atoms. The number of aromatic nitrogens is 6. The molecular weight excluding hydrogens is 1500 g/mol. The molecule has 0 unspecified atom stereocenters. The van der Waals surface area contributed by atoms with E-state index >= 15 is 0 Å². The van der Waals surface area contributed by atoms with Crippen LogP contribution in [-0.4, -0.2) is 100 Å². The van der Waals surface area contributed by atoms with Crippen molar-refractivity contribution >= 4 is 65.4 Å². The van der Waals surface area contributed by atoms with Crippen LogP contribution >= 0.6 is 0 Å². The van der Waals surface area contributed by atoms with Gasteiger partial charge in [0.05, 0.1) is 67.2 Å². The highest BCUT2D eigenvalue weighted by Gasteiger charge is 2.16. The van der Waals surface area contributed by atoms with E-state index in [9.17, 15) is 30.6 Å². The number of aromatic hydroxyl groups is 6. The molecule has 0 radical (unpaired) electrons. The van der Waals surface area contributed by atoms with Crippen molar-refractivity contribution in [1.29, 1.82) is 0 Å². The number of phenolic OH excluding ortho intramolecular Hbond substituents is 6. The van der Waals surface area contributed by atoms with Crippen molar-refractivity contribution in [3.8, 4) is 69.0 Å². The summed E-state index contributed by atoms with van der Waals surface area (Å²) in [6, 6.07) is 20.4. The number of hydrogen-bond donors (Lipinski definition) is 6. The fourth-order valence-corrected chi connectivity index (χ4v) is 14.7. The van der Waals surface area contributed by atoms with Crippen LogP contribution in [0.3, 0.4) is 0 Å². The Morgan fingerprint density at radius 1 is 0.175 bits per heavy atom. The van der Waals surface area contributed by atoms with Gasteiger partial charge in [0.25, 0.3) is 0 Å². The van der Waals surface area contributed by atoms with Gasteiger partial charge in [0.2, 0.25) is 0 Å². The Balaban J connectivity index is 1.47. The van der Waals surface area contributed by atoms with Crippen molar-refractivity contribution in [1.82, 2.24) is 29.9 Å². The lowest BCUT2D eigenvalue weighted by Gasteiger charge is -2.14. The van der Waals surface area contributed by atoms with Gasteiger partial charge in [-0.25, -0.2) is 0 Å². The first-order chi connectivity index (χ1) is 58.9. The normalized spacial score (nSPS) is 11.2. The summed E-state index contributed by atoms with van der Waals surface area (Å²) in [5, 5.41) is 73.1. The van der Waals surface area contributed by atoms with Gasteiger partial charge in [-0.05, 0) is 81.0 Å². The van der Waals surface area contributed by atoms with Crippen LogP contribution in [0, 0.1) is 0 Å². The molecule has 0 aliphatic rings. The SMILES string of the molecule is CCCCCCCCCCOc1cc2cnc3ccc(cnc4cc(OCCCCCCCCCC)c(OCCCCCCCCCC)cc4ncc4ccc(cnc5cc(OCCCCCCCCCC)c(OCCCCCCCCCC)cc5ncc5ccc(cnc2cc1OCCCCCCCCCC)c(O)c5O)c(O)c4O)c(O)c3O. The number of rotatable bonds is 60. The first kappa shape index (κ1) is 98.1. The van der Waals surface area contributed by atoms with Crippen LogP contribution in [-0.2, 0) is 0 Å². The van der Waals surface area contributed by atoms with E-state index in [-0.39, 0.29) is 32.4 Å². The molecular formula is C102H150N6O12. The molecule has 10 rings (SSSR count). The van der Waals surface area contributed by atoms with Gasteiger partial charge in [0, 0.05) is 99.8 Å². The highest BCUT2D eigenvalue weighted by atomic mass is 16.5. The fraction of sp³-hybridized carbons (Fsp3) is 0.588. The highest BCUT2D eigenvalue weighted by molar-refractivity contribution is 5.86. The quantitative estimate of drug-likeness (QED) is 0.0153. The smallest absolute Gasteiger partial charge is 0.184 e. The van der Waals surface area contributed by atoms with Crippen molar-refractivity contribution < 1.29 is 59.1 Å². The van der Waals surface area contributed by atoms with Crippen LogP contribution in [0.5, 0.6) is 69.0 Å². The van der Waals surface area contributed by atoms with Crippen LogP contribution in [0.1, 0.15) is 350 Å². The van der Waals surface area contributed by atoms with E-state index in [1.807, 2.05) is 6.07 Å². The molecule has 0 saturated carbocycles. The number of phenols is 6. The molecule has 6 N–H and O–H groups in total. The molecule has 0 saturated heterocycles. The molecule has 4 heterocycles. The molecule has 0 aliphatic carbocycles. The van der Waals surface area contributed by atoms with Crippen LogP contribution in [0.2, 0.25) is 0 Å². The lowest BCUT2D eigenvalue weighted by Crippen LogP contribution is -2.03. The highest BCUT2D eigenvalue weighted by Crippen LogP contribution is 2.40. The van der Waals surface area contributed by atoms with Gasteiger partial charge in [0.15, 0.2) is 69.0 Å². The maximum Gasteiger partial charge on any atom is 0.184 e. The molecule has 4 aromatic heterocycles. The molecule has 0 amide bonds. The topological polar surface area (TPSA) is 254 Å². The monoisotopic (exact) mass is 1650 g/mol. The molecule has 660 valence electrons. The van der Waals surface area contributed by atoms with E-state index in [2.05, 4.69) is 41.5 Å². The maximum absolute atomic E-state index is 12.0. The lowest BCUT2D eigenvalue weighted by atomic mass is 10.1. The molecule has 0 aliphatic heterocycles. The van der Waals surface area contributed by atoms with Crippen molar-refractivity contribution in [3.05, 3.63) is 110 Å². The van der Waals surface area contributed by atoms with Crippen molar-refractivity contribution in [3.63, 3.8) is 0 Å². The number of ether oxygens (including phenoxy) is 6. The predicted octanol–water partition coefficient (Wildman–Crippen LogP) is 29.4. The molecule has 6 bridgehead atoms. The first-order valence-corrected chi connectivity index (χ1v) is 47.1. The molecule has 6 aromatic carbocycles. The van der Waals surface area contributed by atoms with E-state index in [1.54, 1.807) is 72.9 Å². The van der Waals surface area contributed by atoms with E-state index in [0.29, 0.717) is 107 Å². The lowest BCUT2D eigenvalue weighted by molar-refractivity contribution is 0.259. The Morgan fingerprint density at radius 2 is 0.342 bits per heavy atom. The maximum atomic E-state index is 12.0. The van der Waals surface area contributed by atoms with Gasteiger partial charge in [-0.15, -0.1) is 0 Å². The van der Waals surface area contributed by atoms with E-state index in [4.69, 9.17) is 58.3 Å². The number of unbranched alkanes of at least 4 members (excludes halogenated alkanes) is 42. The molecule has 18 heteroatoms. The Morgan fingerprint density at radius 3 is 0.575 bits per heavy atom. The summed E-state index contributed by atoms with van der Waals surface area (Å²) in [7, 11) is 0. The summed E-state index contributed by atoms with van der Waals surface area (Å²) < 4.78 is 39.7. The zero-order valence-electron chi connectivity index (χ0n) is 74.4. The Labute approximate surface area is 718 Å². The van der Waals surface area contributed by atoms with Crippen LogP contribution < -0.4 is 28.4 Å². The third-order valence-electron chi connectivity index (χ3n) is 22.4. The van der Waals surface area contributed by atoms with Gasteiger partial charge in [-0.2, -0.15) is 0 Å². The van der Waals surface area contributed by atoms with Crippen molar-refractivity contribution in [2.45, 2.75) is 350 Å². The first-order valence-electron chi connectivity index (χ1n) is 47.1. The van der Waals surface area contributed by atoms with Gasteiger partial charge in [-0.1, -0.05) is 311 Å². The number of hydrogen-bond acceptors (Lipinski definition) is 18. The van der Waals surface area contributed by atoms with Crippen LogP contribution in [0.4, 0.5) is 0 Å². The number of nitrogens with zero attached hydrogens (tertiary/aromatic N) is 6. The van der Waals surface area contributed by atoms with Gasteiger partial charge in [0.1, 0.15) is 5.52 Å². The van der Waals surface area contributed by atoms with E-state index in [0.717, 1.165) is 116 Å². The van der Waals surface area contributed by atoms with Crippen LogP contribution in [0.25, 0.3) is 65.4 Å². The number of benzene rings is 6. The molecule has 10 aromatic rings. The summed E-state index contributed by atoms with van der Waals surface area (Å²) in [5.74, 6) is 0.0810. The minimum Gasteiger partial charge on any atom is -0.504 e. The van der Waals surface area contributed by atoms with Crippen LogP contribution in [0.15, 0.2) is 110 Å². The molecule has 0 spiro atoms. The van der Waals surface area contributed by atoms with Gasteiger partial charge in [-0.3, -0.25) is 29.9 Å². The van der Waals surface area contributed by atoms with E-state index < -0.39 is 34.5 Å².